The van der Waals surface area contributed by atoms with E-state index >= 15 is 0 Å². The molecule has 0 aromatic heterocycles. The second-order valence-electron chi connectivity index (χ2n) is 13.4. The Morgan fingerprint density at radius 1 is 0.500 bits per heavy atom. The largest absolute Gasteiger partial charge is 0.394 e. The number of amides is 3. The number of hydrogen-bond donors (Lipinski definition) is 14. The van der Waals surface area contributed by atoms with E-state index in [2.05, 4.69) is 16.0 Å². The highest BCUT2D eigenvalue weighted by atomic mass is 16.8. The Labute approximate surface area is 308 Å². The van der Waals surface area contributed by atoms with Gasteiger partial charge >= 0.3 is 0 Å². The molecule has 0 aromatic carbocycles. The maximum Gasteiger partial charge on any atom is 0.217 e. The Balaban J connectivity index is 1.53. The average molecular weight is 789 g/mol. The van der Waals surface area contributed by atoms with Gasteiger partial charge in [-0.2, -0.15) is 0 Å². The zero-order valence-corrected chi connectivity index (χ0v) is 29.5. The van der Waals surface area contributed by atoms with Crippen LogP contribution in [-0.4, -0.2) is 218 Å². The predicted molar refractivity (Wildman–Crippen MR) is 171 cm³/mol. The Morgan fingerprint density at radius 3 is 1.31 bits per heavy atom. The van der Waals surface area contributed by atoms with Gasteiger partial charge in [0.15, 0.2) is 25.2 Å². The van der Waals surface area contributed by atoms with Crippen LogP contribution in [0.3, 0.4) is 0 Å². The van der Waals surface area contributed by atoms with Gasteiger partial charge in [0.25, 0.3) is 0 Å². The molecule has 4 rings (SSSR count). The van der Waals surface area contributed by atoms with Gasteiger partial charge in [-0.1, -0.05) is 0 Å². The fourth-order valence-electron chi connectivity index (χ4n) is 6.81. The van der Waals surface area contributed by atoms with Crippen LogP contribution >= 0.6 is 0 Å². The smallest absolute Gasteiger partial charge is 0.217 e. The minimum absolute atomic E-state index is 0.649. The molecule has 20 atom stereocenters. The fourth-order valence-corrected chi connectivity index (χ4v) is 6.81. The molecule has 54 heavy (non-hydrogen) atoms. The Kier molecular flexibility index (Phi) is 15.8. The molecule has 24 nitrogen and oxygen atoms in total. The Bertz CT molecular complexity index is 1260. The first-order chi connectivity index (χ1) is 25.5. The van der Waals surface area contributed by atoms with E-state index in [0.717, 1.165) is 20.8 Å². The van der Waals surface area contributed by atoms with E-state index in [1.807, 2.05) is 0 Å². The van der Waals surface area contributed by atoms with Gasteiger partial charge in [0, 0.05) is 20.8 Å². The van der Waals surface area contributed by atoms with Crippen molar-refractivity contribution >= 4 is 17.7 Å². The zero-order valence-electron chi connectivity index (χ0n) is 29.5. The summed E-state index contributed by atoms with van der Waals surface area (Å²) in [5, 5.41) is 112. The lowest BCUT2D eigenvalue weighted by atomic mass is 9.93. The molecule has 0 aliphatic carbocycles. The Hall–Kier alpha value is -2.31. The van der Waals surface area contributed by atoms with Gasteiger partial charge in [-0.15, -0.1) is 0 Å². The van der Waals surface area contributed by atoms with Crippen LogP contribution in [0.4, 0.5) is 0 Å². The maximum atomic E-state index is 12.3. The summed E-state index contributed by atoms with van der Waals surface area (Å²) in [6.45, 7) is 0.0127. The minimum atomic E-state index is -1.83. The van der Waals surface area contributed by atoms with E-state index in [4.69, 9.17) is 38.9 Å². The van der Waals surface area contributed by atoms with Gasteiger partial charge in [-0.25, -0.2) is 0 Å². The highest BCUT2D eigenvalue weighted by molar-refractivity contribution is 5.74. The van der Waals surface area contributed by atoms with Crippen LogP contribution in [0, 0.1) is 0 Å². The monoisotopic (exact) mass is 788 g/mol. The first-order valence-corrected chi connectivity index (χ1v) is 17.1. The van der Waals surface area contributed by atoms with Crippen LogP contribution in [-0.2, 0) is 47.5 Å². The molecule has 4 aliphatic heterocycles. The molecule has 312 valence electrons. The number of hydrogen-bond acceptors (Lipinski definition) is 21. The molecule has 1 unspecified atom stereocenters. The summed E-state index contributed by atoms with van der Waals surface area (Å²) in [6, 6.07) is -5.96. The van der Waals surface area contributed by atoms with Crippen LogP contribution in [0.5, 0.6) is 0 Å². The summed E-state index contributed by atoms with van der Waals surface area (Å²) in [5.41, 5.74) is 6.28. The molecule has 24 heteroatoms. The third-order valence-corrected chi connectivity index (χ3v) is 9.49. The van der Waals surface area contributed by atoms with Crippen molar-refractivity contribution in [3.8, 4) is 0 Å². The van der Waals surface area contributed by atoms with Crippen molar-refractivity contribution in [3.63, 3.8) is 0 Å². The van der Waals surface area contributed by atoms with E-state index in [9.17, 15) is 65.4 Å². The number of carbonyl (C=O) groups excluding carboxylic acids is 3. The molecular weight excluding hydrogens is 736 g/mol. The zero-order chi connectivity index (χ0) is 40.2. The van der Waals surface area contributed by atoms with Crippen LogP contribution in [0.15, 0.2) is 0 Å². The average Bonchev–Trinajstić information content (AvgIpc) is 3.12. The number of rotatable bonds is 13. The van der Waals surface area contributed by atoms with Gasteiger partial charge < -0.3 is 106 Å². The van der Waals surface area contributed by atoms with Gasteiger partial charge in [0.05, 0.1) is 32.5 Å². The molecule has 4 aliphatic rings. The second-order valence-corrected chi connectivity index (χ2v) is 13.4. The minimum Gasteiger partial charge on any atom is -0.394 e. The van der Waals surface area contributed by atoms with Crippen molar-refractivity contribution in [2.24, 2.45) is 5.73 Å². The van der Waals surface area contributed by atoms with Crippen LogP contribution < -0.4 is 21.7 Å². The number of ether oxygens (including phenoxy) is 7. The third-order valence-electron chi connectivity index (χ3n) is 9.49. The fraction of sp³-hybridized carbons (Fsp3) is 0.900. The van der Waals surface area contributed by atoms with Crippen molar-refractivity contribution in [2.75, 3.05) is 26.4 Å². The molecule has 4 heterocycles. The quantitative estimate of drug-likeness (QED) is 0.0824. The van der Waals surface area contributed by atoms with Crippen LogP contribution in [0.25, 0.3) is 0 Å². The molecule has 3 amide bonds. The van der Waals surface area contributed by atoms with Crippen molar-refractivity contribution in [1.29, 1.82) is 0 Å². The molecule has 0 saturated carbocycles. The lowest BCUT2D eigenvalue weighted by Gasteiger charge is -2.50. The summed E-state index contributed by atoms with van der Waals surface area (Å²) < 4.78 is 40.2. The summed E-state index contributed by atoms with van der Waals surface area (Å²) >= 11 is 0. The number of aliphatic hydroxyl groups is 10. The van der Waals surface area contributed by atoms with Gasteiger partial charge in [0.2, 0.25) is 17.7 Å². The molecular formula is C30H52N4O20. The highest BCUT2D eigenvalue weighted by Crippen LogP contribution is 2.34. The molecule has 0 aromatic rings. The number of nitrogens with one attached hydrogen (secondary N) is 3. The molecule has 15 N–H and O–H groups in total. The molecule has 0 spiro atoms. The normalized spacial score (nSPS) is 45.7. The van der Waals surface area contributed by atoms with Crippen molar-refractivity contribution in [1.82, 2.24) is 16.0 Å². The van der Waals surface area contributed by atoms with E-state index in [1.54, 1.807) is 0 Å². The van der Waals surface area contributed by atoms with Crippen molar-refractivity contribution in [3.05, 3.63) is 0 Å². The molecule has 4 saturated heterocycles. The lowest BCUT2D eigenvalue weighted by Crippen LogP contribution is -2.71. The predicted octanol–water partition coefficient (Wildman–Crippen LogP) is -9.35. The lowest BCUT2D eigenvalue weighted by molar-refractivity contribution is -0.360. The highest BCUT2D eigenvalue weighted by Gasteiger charge is 2.55. The van der Waals surface area contributed by atoms with E-state index < -0.39 is 167 Å². The SMILES string of the molecule is CC(=O)N[C@H]1[C@H](O[C@H]2[C@H](O)[C@@H](NC(C)=O)C(O)O[C@@H]2CO)O[C@H](CO)[C@@H](O[C@@H]2O[C@H](CO)[C@@H](O[C@@H]3O[C@H](CO)[C@@H](O)[C@H](O)[C@H]3NC(C)=O)[C@H](O)[C@H]2N)[C@@H]1O. The van der Waals surface area contributed by atoms with Crippen LogP contribution in [0.2, 0.25) is 0 Å². The summed E-state index contributed by atoms with van der Waals surface area (Å²) in [5.74, 6) is -2.02. The number of nitrogens with two attached hydrogens (primary N) is 1. The summed E-state index contributed by atoms with van der Waals surface area (Å²) in [7, 11) is 0. The second kappa shape index (κ2) is 19.2. The van der Waals surface area contributed by atoms with Gasteiger partial charge in [-0.05, 0) is 0 Å². The third kappa shape index (κ3) is 9.79. The van der Waals surface area contributed by atoms with Gasteiger partial charge in [-0.3, -0.25) is 14.4 Å². The number of aliphatic hydroxyl groups excluding tert-OH is 10. The number of carbonyl (C=O) groups is 3. The molecule has 0 radical (unpaired) electrons. The van der Waals surface area contributed by atoms with Crippen molar-refractivity contribution in [2.45, 2.75) is 143 Å². The van der Waals surface area contributed by atoms with Crippen LogP contribution in [0.1, 0.15) is 20.8 Å². The summed E-state index contributed by atoms with van der Waals surface area (Å²) in [6.07, 6.45) is -25.9. The molecule has 0 bridgehead atoms. The van der Waals surface area contributed by atoms with Crippen molar-refractivity contribution < 1.29 is 98.6 Å². The van der Waals surface area contributed by atoms with Gasteiger partial charge in [0.1, 0.15) is 91.4 Å². The van der Waals surface area contributed by atoms with E-state index in [0.29, 0.717) is 0 Å². The first kappa shape index (κ1) is 44.4. The Morgan fingerprint density at radius 2 is 0.852 bits per heavy atom. The standard InChI is InChI=1S/C30H52N4O20/c1-8(39)32-16-22(45)25(12(5-36)48-27(16)47)54-30-18(34-10(3)41)23(46)26(14(7-38)51-30)52-28-15(31)20(43)24(13(6-37)50-28)53-29-17(33-9(2)40)21(44)19(42)11(4-35)49-29/h11-30,35-38,42-47H,4-7,31H2,1-3H3,(H,32,39)(H,33,40)(H,34,41)/t11-,12-,13-,14-,15-,16-,17-,18-,19-,20-,21-,22-,23-,24-,25-,26-,27?,28+,29+,30+/m1/s1. The molecule has 4 fully saturated rings. The maximum absolute atomic E-state index is 12.3. The topological polar surface area (TPSA) is 380 Å². The summed E-state index contributed by atoms with van der Waals surface area (Å²) in [4.78, 5) is 35.8. The first-order valence-electron chi connectivity index (χ1n) is 17.1. The van der Waals surface area contributed by atoms with E-state index in [-0.39, 0.29) is 0 Å². The van der Waals surface area contributed by atoms with E-state index in [1.165, 1.54) is 0 Å².